The number of rotatable bonds is 1. The maximum absolute atomic E-state index is 2.89. The predicted octanol–water partition coefficient (Wildman–Crippen LogP) is -1.60. The third kappa shape index (κ3) is 12.1. The molecular weight excluding hydrogens is 382 g/mol. The van der Waals surface area contributed by atoms with E-state index in [2.05, 4.69) is 33.3 Å². The predicted molar refractivity (Wildman–Crippen MR) is 76.7 cm³/mol. The summed E-state index contributed by atoms with van der Waals surface area (Å²) < 4.78 is 0. The molecule has 1 aromatic carbocycles. The molecule has 1 aromatic rings. The minimum absolute atomic E-state index is 0. The first kappa shape index (κ1) is 24.6. The van der Waals surface area contributed by atoms with E-state index in [4.69, 9.17) is 0 Å². The van der Waals surface area contributed by atoms with E-state index in [1.54, 1.807) is 0 Å². The molecule has 1 aliphatic carbocycles. The summed E-state index contributed by atoms with van der Waals surface area (Å²) in [5.74, 6) is 2.73. The SMILES string of the molecule is CC(C)[C@@H]1[CH]C[C@@H](C)CC1.[Cl-].[Cl-].[Sn+2].[c]1ccccc1. The Morgan fingerprint density at radius 1 is 1.00 bits per heavy atom. The number of benzene rings is 1. The van der Waals surface area contributed by atoms with Crippen molar-refractivity contribution in [1.82, 2.24) is 0 Å². The van der Waals surface area contributed by atoms with Crippen molar-refractivity contribution in [2.45, 2.75) is 40.0 Å². The van der Waals surface area contributed by atoms with Crippen molar-refractivity contribution in [2.75, 3.05) is 0 Å². The van der Waals surface area contributed by atoms with E-state index in [1.807, 2.05) is 30.3 Å². The first-order valence-corrected chi connectivity index (χ1v) is 6.44. The van der Waals surface area contributed by atoms with Crippen molar-refractivity contribution in [1.29, 1.82) is 0 Å². The average Bonchev–Trinajstić information content (AvgIpc) is 2.32. The summed E-state index contributed by atoms with van der Waals surface area (Å²) in [4.78, 5) is 0. The molecule has 19 heavy (non-hydrogen) atoms. The van der Waals surface area contributed by atoms with Gasteiger partial charge in [-0.25, -0.2) is 0 Å². The minimum atomic E-state index is 0. The average molecular weight is 406 g/mol. The summed E-state index contributed by atoms with van der Waals surface area (Å²) in [5, 5.41) is 0. The van der Waals surface area contributed by atoms with Gasteiger partial charge in [-0.05, 0) is 43.1 Å². The second-order valence-electron chi connectivity index (χ2n) is 5.14. The molecule has 0 heterocycles. The maximum Gasteiger partial charge on any atom is 2.00 e. The fourth-order valence-electron chi connectivity index (χ4n) is 2.07. The molecule has 1 aliphatic rings. The van der Waals surface area contributed by atoms with Gasteiger partial charge < -0.3 is 24.8 Å². The monoisotopic (exact) mass is 406 g/mol. The molecule has 0 aromatic heterocycles. The van der Waals surface area contributed by atoms with Crippen LogP contribution < -0.4 is 24.8 Å². The summed E-state index contributed by atoms with van der Waals surface area (Å²) in [6, 6.07) is 12.5. The second-order valence-corrected chi connectivity index (χ2v) is 5.14. The molecule has 0 aliphatic heterocycles. The van der Waals surface area contributed by atoms with Crippen molar-refractivity contribution < 1.29 is 24.8 Å². The molecule has 0 spiro atoms. The molecule has 0 unspecified atom stereocenters. The molecule has 4 radical (unpaired) electrons. The molecule has 1 fully saturated rings. The summed E-state index contributed by atoms with van der Waals surface area (Å²) in [6.07, 6.45) is 6.75. The van der Waals surface area contributed by atoms with Crippen LogP contribution in [-0.2, 0) is 0 Å². The van der Waals surface area contributed by atoms with Gasteiger partial charge in [0.25, 0.3) is 0 Å². The molecular formula is C16H24Cl2Sn. The van der Waals surface area contributed by atoms with E-state index in [0.29, 0.717) is 0 Å². The van der Waals surface area contributed by atoms with Crippen molar-refractivity contribution in [2.24, 2.45) is 17.8 Å². The van der Waals surface area contributed by atoms with E-state index in [-0.39, 0.29) is 48.7 Å². The first-order chi connectivity index (χ1) is 7.70. The molecule has 2 rings (SSSR count). The third-order valence-electron chi connectivity index (χ3n) is 3.30. The number of halogens is 2. The quantitative estimate of drug-likeness (QED) is 0.494. The Bertz CT molecular complexity index is 230. The Labute approximate surface area is 148 Å². The number of hydrogen-bond acceptors (Lipinski definition) is 0. The Kier molecular flexibility index (Phi) is 19.4. The first-order valence-electron chi connectivity index (χ1n) is 6.44. The van der Waals surface area contributed by atoms with Crippen LogP contribution in [0.2, 0.25) is 0 Å². The molecule has 3 heteroatoms. The smallest absolute Gasteiger partial charge is 1.00 e. The van der Waals surface area contributed by atoms with E-state index in [9.17, 15) is 0 Å². The van der Waals surface area contributed by atoms with Gasteiger partial charge in [0, 0.05) is 0 Å². The molecule has 0 N–H and O–H groups in total. The van der Waals surface area contributed by atoms with E-state index in [1.165, 1.54) is 19.3 Å². The van der Waals surface area contributed by atoms with Crippen LogP contribution in [0.3, 0.4) is 0 Å². The topological polar surface area (TPSA) is 0 Å². The molecule has 0 saturated heterocycles. The minimum Gasteiger partial charge on any atom is -1.00 e. The molecule has 2 atom stereocenters. The van der Waals surface area contributed by atoms with Crippen LogP contribution >= 0.6 is 0 Å². The van der Waals surface area contributed by atoms with Crippen LogP contribution in [0.5, 0.6) is 0 Å². The number of hydrogen-bond donors (Lipinski definition) is 0. The van der Waals surface area contributed by atoms with Crippen LogP contribution in [0.1, 0.15) is 40.0 Å². The fraction of sp³-hybridized carbons (Fsp3) is 0.562. The summed E-state index contributed by atoms with van der Waals surface area (Å²) in [6.45, 7) is 7.02. The van der Waals surface area contributed by atoms with Crippen molar-refractivity contribution in [3.05, 3.63) is 42.8 Å². The second kappa shape index (κ2) is 15.0. The van der Waals surface area contributed by atoms with E-state index >= 15 is 0 Å². The van der Waals surface area contributed by atoms with Gasteiger partial charge >= 0.3 is 23.9 Å². The van der Waals surface area contributed by atoms with Gasteiger partial charge in [-0.15, -0.1) is 0 Å². The Balaban J connectivity index is -0.000000252. The van der Waals surface area contributed by atoms with Gasteiger partial charge in [-0.2, -0.15) is 0 Å². The summed E-state index contributed by atoms with van der Waals surface area (Å²) in [5.41, 5.74) is 0. The normalized spacial score (nSPS) is 20.8. The van der Waals surface area contributed by atoms with Crippen LogP contribution in [0.15, 0.2) is 30.3 Å². The molecule has 0 nitrogen and oxygen atoms in total. The zero-order chi connectivity index (χ0) is 11.8. The Hall–Kier alpha value is 0.599. The zero-order valence-electron chi connectivity index (χ0n) is 12.1. The van der Waals surface area contributed by atoms with Gasteiger partial charge in [0.1, 0.15) is 0 Å². The van der Waals surface area contributed by atoms with Crippen LogP contribution in [0.4, 0.5) is 0 Å². The van der Waals surface area contributed by atoms with Gasteiger partial charge in [0.05, 0.1) is 0 Å². The molecule has 1 saturated carbocycles. The molecule has 0 bridgehead atoms. The Morgan fingerprint density at radius 2 is 1.58 bits per heavy atom. The largest absolute Gasteiger partial charge is 2.00 e. The summed E-state index contributed by atoms with van der Waals surface area (Å²) in [7, 11) is 0. The van der Waals surface area contributed by atoms with Gasteiger partial charge in [-0.1, -0.05) is 57.5 Å². The molecule has 106 valence electrons. The molecule has 0 amide bonds. The standard InChI is InChI=1S/C10H19.C6H5.2ClH.Sn/c1-8(2)10-6-4-9(3)5-7-10;1-2-4-6-5-3-1;;;/h6,8-10H,4-5,7H2,1-3H3;1-5H;2*1H;/q;;;;+2/p-2/t9-,10-;;;;/m1..../s1. The van der Waals surface area contributed by atoms with Crippen LogP contribution in [0.25, 0.3) is 0 Å². The van der Waals surface area contributed by atoms with Crippen LogP contribution in [0, 0.1) is 30.2 Å². The maximum atomic E-state index is 2.89. The van der Waals surface area contributed by atoms with Crippen molar-refractivity contribution in [3.8, 4) is 0 Å². The van der Waals surface area contributed by atoms with E-state index in [0.717, 1.165) is 17.8 Å². The van der Waals surface area contributed by atoms with Crippen molar-refractivity contribution in [3.63, 3.8) is 0 Å². The fourth-order valence-corrected chi connectivity index (χ4v) is 2.07. The van der Waals surface area contributed by atoms with Gasteiger partial charge in [0.15, 0.2) is 0 Å². The third-order valence-corrected chi connectivity index (χ3v) is 3.30. The van der Waals surface area contributed by atoms with Crippen LogP contribution in [-0.4, -0.2) is 23.9 Å². The van der Waals surface area contributed by atoms with Gasteiger partial charge in [0.2, 0.25) is 0 Å². The van der Waals surface area contributed by atoms with E-state index < -0.39 is 0 Å². The Morgan fingerprint density at radius 3 is 1.84 bits per heavy atom. The van der Waals surface area contributed by atoms with Crippen molar-refractivity contribution >= 4 is 23.9 Å². The summed E-state index contributed by atoms with van der Waals surface area (Å²) >= 11 is 0. The van der Waals surface area contributed by atoms with Gasteiger partial charge in [-0.3, -0.25) is 0 Å². The zero-order valence-corrected chi connectivity index (χ0v) is 16.4.